The van der Waals surface area contributed by atoms with E-state index in [-0.39, 0.29) is 12.5 Å². The molecule has 1 aliphatic heterocycles. The second-order valence-corrected chi connectivity index (χ2v) is 6.73. The molecule has 1 aromatic heterocycles. The highest BCUT2D eigenvalue weighted by atomic mass is 16.5. The van der Waals surface area contributed by atoms with E-state index in [0.29, 0.717) is 36.8 Å². The first-order chi connectivity index (χ1) is 12.6. The molecule has 7 nitrogen and oxygen atoms in total. The van der Waals surface area contributed by atoms with Gasteiger partial charge in [-0.25, -0.2) is 4.79 Å². The van der Waals surface area contributed by atoms with Gasteiger partial charge in [-0.2, -0.15) is 0 Å². The van der Waals surface area contributed by atoms with Gasteiger partial charge in [0.15, 0.2) is 5.58 Å². The van der Waals surface area contributed by atoms with Gasteiger partial charge in [0.25, 0.3) is 0 Å². The maximum absolute atomic E-state index is 12.8. The smallest absolute Gasteiger partial charge is 0.408 e. The van der Waals surface area contributed by atoms with Crippen LogP contribution in [0.4, 0.5) is 0 Å². The number of rotatable bonds is 7. The molecule has 142 valence electrons. The van der Waals surface area contributed by atoms with Gasteiger partial charge in [-0.05, 0) is 18.6 Å². The molecule has 1 atom stereocenters. The SMILES string of the molecule is CCC[C@H]1CN(C(=O)Cn2c(=O)oc3ccccc32)CCN1CCOC. The molecular weight excluding hydrogens is 334 g/mol. The highest BCUT2D eigenvalue weighted by molar-refractivity contribution is 5.79. The summed E-state index contributed by atoms with van der Waals surface area (Å²) in [7, 11) is 1.71. The molecule has 1 saturated heterocycles. The van der Waals surface area contributed by atoms with Crippen molar-refractivity contribution in [1.82, 2.24) is 14.4 Å². The number of benzene rings is 1. The summed E-state index contributed by atoms with van der Waals surface area (Å²) in [5.74, 6) is -0.519. The second kappa shape index (κ2) is 8.51. The number of carbonyl (C=O) groups excluding carboxylic acids is 1. The average molecular weight is 361 g/mol. The molecule has 3 rings (SSSR count). The summed E-state index contributed by atoms with van der Waals surface area (Å²) in [6.07, 6.45) is 2.12. The Labute approximate surface area is 153 Å². The number of methoxy groups -OCH3 is 1. The zero-order valence-corrected chi connectivity index (χ0v) is 15.5. The van der Waals surface area contributed by atoms with Crippen LogP contribution in [0.15, 0.2) is 33.5 Å². The first kappa shape index (κ1) is 18.7. The summed E-state index contributed by atoms with van der Waals surface area (Å²) in [6, 6.07) is 7.53. The molecule has 0 aliphatic carbocycles. The summed E-state index contributed by atoms with van der Waals surface area (Å²) < 4.78 is 11.8. The molecule has 2 heterocycles. The van der Waals surface area contributed by atoms with Gasteiger partial charge < -0.3 is 14.1 Å². The minimum Gasteiger partial charge on any atom is -0.408 e. The van der Waals surface area contributed by atoms with Crippen LogP contribution in [0.3, 0.4) is 0 Å². The lowest BCUT2D eigenvalue weighted by molar-refractivity contribution is -0.135. The highest BCUT2D eigenvalue weighted by Crippen LogP contribution is 2.16. The molecule has 2 aromatic rings. The standard InChI is InChI=1S/C19H27N3O4/c1-3-6-15-13-21(10-9-20(15)11-12-25-2)18(23)14-22-16-7-4-5-8-17(16)26-19(22)24/h4-5,7-8,15H,3,6,9-14H2,1-2H3/t15-/m0/s1. The van der Waals surface area contributed by atoms with Gasteiger partial charge in [0.1, 0.15) is 6.54 Å². The van der Waals surface area contributed by atoms with Crippen LogP contribution in [-0.2, 0) is 16.1 Å². The first-order valence-electron chi connectivity index (χ1n) is 9.23. The van der Waals surface area contributed by atoms with Gasteiger partial charge in [0, 0.05) is 39.3 Å². The Hall–Kier alpha value is -2.12. The molecular formula is C19H27N3O4. The lowest BCUT2D eigenvalue weighted by Crippen LogP contribution is -2.56. The molecule has 0 saturated carbocycles. The van der Waals surface area contributed by atoms with E-state index >= 15 is 0 Å². The van der Waals surface area contributed by atoms with Crippen molar-refractivity contribution in [3.8, 4) is 0 Å². The second-order valence-electron chi connectivity index (χ2n) is 6.73. The number of carbonyl (C=O) groups is 1. The molecule has 0 spiro atoms. The molecule has 26 heavy (non-hydrogen) atoms. The van der Waals surface area contributed by atoms with Gasteiger partial charge in [-0.1, -0.05) is 25.5 Å². The molecule has 0 bridgehead atoms. The van der Waals surface area contributed by atoms with E-state index < -0.39 is 5.76 Å². The van der Waals surface area contributed by atoms with E-state index in [1.54, 1.807) is 19.2 Å². The molecule has 0 unspecified atom stereocenters. The topological polar surface area (TPSA) is 67.9 Å². The van der Waals surface area contributed by atoms with Crippen molar-refractivity contribution in [3.63, 3.8) is 0 Å². The normalized spacial score (nSPS) is 18.5. The lowest BCUT2D eigenvalue weighted by Gasteiger charge is -2.41. The van der Waals surface area contributed by atoms with Crippen LogP contribution in [0.5, 0.6) is 0 Å². The summed E-state index contributed by atoms with van der Waals surface area (Å²) in [4.78, 5) is 29.2. The Kier molecular flexibility index (Phi) is 6.11. The maximum Gasteiger partial charge on any atom is 0.420 e. The van der Waals surface area contributed by atoms with E-state index in [1.165, 1.54) is 4.57 Å². The number of hydrogen-bond acceptors (Lipinski definition) is 5. The third-order valence-electron chi connectivity index (χ3n) is 5.03. The quantitative estimate of drug-likeness (QED) is 0.749. The fourth-order valence-electron chi connectivity index (χ4n) is 3.63. The van der Waals surface area contributed by atoms with Gasteiger partial charge in [0.2, 0.25) is 5.91 Å². The zero-order valence-electron chi connectivity index (χ0n) is 15.5. The van der Waals surface area contributed by atoms with Crippen molar-refractivity contribution in [3.05, 3.63) is 34.8 Å². The first-order valence-corrected chi connectivity index (χ1v) is 9.23. The van der Waals surface area contributed by atoms with Gasteiger partial charge >= 0.3 is 5.76 Å². The van der Waals surface area contributed by atoms with Gasteiger partial charge in [-0.3, -0.25) is 14.3 Å². The predicted octanol–water partition coefficient (Wildman–Crippen LogP) is 1.55. The van der Waals surface area contributed by atoms with Gasteiger partial charge in [0.05, 0.1) is 12.1 Å². The van der Waals surface area contributed by atoms with E-state index in [1.807, 2.05) is 17.0 Å². The Bertz CT molecular complexity index is 797. The largest absolute Gasteiger partial charge is 0.420 e. The summed E-state index contributed by atoms with van der Waals surface area (Å²) in [5.41, 5.74) is 1.17. The fraction of sp³-hybridized carbons (Fsp3) is 0.579. The third-order valence-corrected chi connectivity index (χ3v) is 5.03. The Morgan fingerprint density at radius 3 is 2.88 bits per heavy atom. The predicted molar refractivity (Wildman–Crippen MR) is 99.2 cm³/mol. The number of para-hydroxylation sites is 2. The van der Waals surface area contributed by atoms with Crippen molar-refractivity contribution >= 4 is 17.0 Å². The van der Waals surface area contributed by atoms with Crippen molar-refractivity contribution in [2.75, 3.05) is 39.9 Å². The molecule has 0 radical (unpaired) electrons. The van der Waals surface area contributed by atoms with E-state index in [4.69, 9.17) is 9.15 Å². The lowest BCUT2D eigenvalue weighted by atomic mass is 10.1. The number of fused-ring (bicyclic) bond motifs is 1. The molecule has 1 aromatic carbocycles. The van der Waals surface area contributed by atoms with Crippen molar-refractivity contribution in [2.24, 2.45) is 0 Å². The third kappa shape index (κ3) is 3.99. The summed E-state index contributed by atoms with van der Waals surface area (Å²) in [6.45, 7) is 5.97. The van der Waals surface area contributed by atoms with Crippen LogP contribution in [0.25, 0.3) is 11.1 Å². The fourth-order valence-corrected chi connectivity index (χ4v) is 3.63. The number of hydrogen-bond donors (Lipinski definition) is 0. The van der Waals surface area contributed by atoms with Crippen molar-refractivity contribution in [1.29, 1.82) is 0 Å². The molecule has 1 amide bonds. The van der Waals surface area contributed by atoms with Crippen molar-refractivity contribution < 1.29 is 13.9 Å². The van der Waals surface area contributed by atoms with E-state index in [2.05, 4.69) is 11.8 Å². The van der Waals surface area contributed by atoms with E-state index in [9.17, 15) is 9.59 Å². The van der Waals surface area contributed by atoms with Crippen molar-refractivity contribution in [2.45, 2.75) is 32.4 Å². The minimum atomic E-state index is -0.483. The molecule has 0 N–H and O–H groups in total. The number of amides is 1. The number of piperazine rings is 1. The monoisotopic (exact) mass is 361 g/mol. The Morgan fingerprint density at radius 2 is 2.12 bits per heavy atom. The van der Waals surface area contributed by atoms with Crippen LogP contribution < -0.4 is 5.76 Å². The van der Waals surface area contributed by atoms with Gasteiger partial charge in [-0.15, -0.1) is 0 Å². The van der Waals surface area contributed by atoms with Crippen LogP contribution in [-0.4, -0.2) is 66.2 Å². The van der Waals surface area contributed by atoms with E-state index in [0.717, 1.165) is 25.9 Å². The van der Waals surface area contributed by atoms with Crippen LogP contribution >= 0.6 is 0 Å². The average Bonchev–Trinajstić information content (AvgIpc) is 2.96. The molecule has 1 aliphatic rings. The summed E-state index contributed by atoms with van der Waals surface area (Å²) >= 11 is 0. The highest BCUT2D eigenvalue weighted by Gasteiger charge is 2.29. The molecule has 1 fully saturated rings. The zero-order chi connectivity index (χ0) is 18.5. The Balaban J connectivity index is 1.69. The maximum atomic E-state index is 12.8. The number of oxazole rings is 1. The van der Waals surface area contributed by atoms with Crippen LogP contribution in [0, 0.1) is 0 Å². The molecule has 7 heteroatoms. The minimum absolute atomic E-state index is 0.0206. The number of nitrogens with zero attached hydrogens (tertiary/aromatic N) is 3. The van der Waals surface area contributed by atoms with Crippen LogP contribution in [0.2, 0.25) is 0 Å². The number of ether oxygens (including phenoxy) is 1. The number of aromatic nitrogens is 1. The summed E-state index contributed by atoms with van der Waals surface area (Å²) in [5, 5.41) is 0. The van der Waals surface area contributed by atoms with Crippen LogP contribution in [0.1, 0.15) is 19.8 Å². The Morgan fingerprint density at radius 1 is 1.31 bits per heavy atom.